The third kappa shape index (κ3) is 4.36. The molecular formula is C23H25N5O4. The van der Waals surface area contributed by atoms with E-state index < -0.39 is 5.97 Å². The molecule has 0 unspecified atom stereocenters. The minimum Gasteiger partial charge on any atom is -0.497 e. The van der Waals surface area contributed by atoms with Crippen LogP contribution in [0.15, 0.2) is 36.7 Å². The molecule has 0 amide bonds. The summed E-state index contributed by atoms with van der Waals surface area (Å²) in [5, 5.41) is 14.4. The first-order valence-corrected chi connectivity index (χ1v) is 10.5. The van der Waals surface area contributed by atoms with Gasteiger partial charge in [0.1, 0.15) is 11.3 Å². The number of nitrogens with zero attached hydrogens (tertiary/aromatic N) is 5. The van der Waals surface area contributed by atoms with Crippen molar-refractivity contribution in [3.05, 3.63) is 47.8 Å². The molecule has 0 aliphatic carbocycles. The number of ether oxygens (including phenoxy) is 3. The maximum Gasteiger partial charge on any atom is 0.341 e. The molecule has 9 heteroatoms. The number of anilines is 1. The third-order valence-electron chi connectivity index (χ3n) is 5.40. The molecule has 1 saturated heterocycles. The first-order chi connectivity index (χ1) is 15.6. The lowest BCUT2D eigenvalue weighted by Crippen LogP contribution is -2.43. The van der Waals surface area contributed by atoms with Gasteiger partial charge < -0.3 is 19.1 Å². The second-order valence-corrected chi connectivity index (χ2v) is 7.43. The van der Waals surface area contributed by atoms with Crippen molar-refractivity contribution in [2.45, 2.75) is 26.0 Å². The Labute approximate surface area is 186 Å². The standard InChI is InChI=1S/C23H25N5O4/c1-3-31-23(29)20-12-25-22-19(21(20)27-10-11-32-18(15-27)8-9-24)13-26-28(22)14-16-4-6-17(30-2)7-5-16/h4-7,12-13,18H,3,8,10-11,14-15H2,1-2H3/t18-/m0/s1. The van der Waals surface area contributed by atoms with Gasteiger partial charge in [-0.25, -0.2) is 14.5 Å². The van der Waals surface area contributed by atoms with E-state index in [1.165, 1.54) is 0 Å². The predicted octanol–water partition coefficient (Wildman–Crippen LogP) is 2.78. The Morgan fingerprint density at radius 3 is 2.84 bits per heavy atom. The van der Waals surface area contributed by atoms with Gasteiger partial charge in [0, 0.05) is 19.3 Å². The van der Waals surface area contributed by atoms with Gasteiger partial charge in [-0.15, -0.1) is 0 Å². The topological polar surface area (TPSA) is 102 Å². The normalized spacial score (nSPS) is 16.0. The van der Waals surface area contributed by atoms with E-state index in [0.717, 1.165) is 22.4 Å². The number of fused-ring (bicyclic) bond motifs is 1. The van der Waals surface area contributed by atoms with E-state index in [0.29, 0.717) is 37.5 Å². The van der Waals surface area contributed by atoms with Crippen LogP contribution in [0.2, 0.25) is 0 Å². The Bertz CT molecular complexity index is 1140. The molecule has 0 saturated carbocycles. The van der Waals surface area contributed by atoms with Gasteiger partial charge in [0.2, 0.25) is 0 Å². The summed E-state index contributed by atoms with van der Waals surface area (Å²) in [6.45, 7) is 4.14. The van der Waals surface area contributed by atoms with Crippen molar-refractivity contribution in [1.29, 1.82) is 5.26 Å². The Balaban J connectivity index is 1.73. The monoisotopic (exact) mass is 435 g/mol. The van der Waals surface area contributed by atoms with Gasteiger partial charge in [0.15, 0.2) is 5.65 Å². The second-order valence-electron chi connectivity index (χ2n) is 7.43. The number of esters is 1. The highest BCUT2D eigenvalue weighted by Gasteiger charge is 2.28. The summed E-state index contributed by atoms with van der Waals surface area (Å²) in [5.74, 6) is 0.362. The van der Waals surface area contributed by atoms with Gasteiger partial charge in [0.25, 0.3) is 0 Å². The van der Waals surface area contributed by atoms with Crippen molar-refractivity contribution >= 4 is 22.7 Å². The average Bonchev–Trinajstić information content (AvgIpc) is 3.22. The number of hydrogen-bond acceptors (Lipinski definition) is 8. The molecule has 3 aromatic rings. The van der Waals surface area contributed by atoms with Gasteiger partial charge in [0.05, 0.1) is 62.7 Å². The van der Waals surface area contributed by atoms with Crippen LogP contribution in [-0.2, 0) is 16.0 Å². The van der Waals surface area contributed by atoms with Crippen molar-refractivity contribution in [1.82, 2.24) is 14.8 Å². The maximum absolute atomic E-state index is 12.7. The molecule has 1 aliphatic heterocycles. The molecule has 32 heavy (non-hydrogen) atoms. The Kier molecular flexibility index (Phi) is 6.52. The number of morpholine rings is 1. The molecule has 1 aromatic carbocycles. The van der Waals surface area contributed by atoms with Crippen LogP contribution in [-0.4, -0.2) is 60.3 Å². The lowest BCUT2D eigenvalue weighted by Gasteiger charge is -2.34. The summed E-state index contributed by atoms with van der Waals surface area (Å²) in [5.41, 5.74) is 2.84. The fourth-order valence-electron chi connectivity index (χ4n) is 3.88. The molecule has 1 aliphatic rings. The number of benzene rings is 1. The van der Waals surface area contributed by atoms with Crippen molar-refractivity contribution in [3.8, 4) is 11.8 Å². The van der Waals surface area contributed by atoms with Gasteiger partial charge in [-0.3, -0.25) is 0 Å². The molecule has 0 radical (unpaired) electrons. The zero-order valence-electron chi connectivity index (χ0n) is 18.2. The largest absolute Gasteiger partial charge is 0.497 e. The van der Waals surface area contributed by atoms with Gasteiger partial charge >= 0.3 is 5.97 Å². The van der Waals surface area contributed by atoms with E-state index >= 15 is 0 Å². The van der Waals surface area contributed by atoms with E-state index in [2.05, 4.69) is 21.1 Å². The number of aromatic nitrogens is 3. The number of carbonyl (C=O) groups is 1. The minimum absolute atomic E-state index is 0.221. The number of hydrogen-bond donors (Lipinski definition) is 0. The molecule has 0 N–H and O–H groups in total. The van der Waals surface area contributed by atoms with Crippen LogP contribution in [0.3, 0.4) is 0 Å². The molecule has 0 bridgehead atoms. The van der Waals surface area contributed by atoms with Gasteiger partial charge in [-0.1, -0.05) is 12.1 Å². The molecule has 4 rings (SSSR count). The molecular weight excluding hydrogens is 410 g/mol. The van der Waals surface area contributed by atoms with E-state index in [1.807, 2.05) is 28.9 Å². The van der Waals surface area contributed by atoms with Crippen LogP contribution < -0.4 is 9.64 Å². The molecule has 166 valence electrons. The molecule has 1 fully saturated rings. The zero-order chi connectivity index (χ0) is 22.5. The number of methoxy groups -OCH3 is 1. The van der Waals surface area contributed by atoms with Crippen molar-refractivity contribution in [2.75, 3.05) is 38.3 Å². The van der Waals surface area contributed by atoms with Gasteiger partial charge in [-0.05, 0) is 24.6 Å². The number of rotatable bonds is 7. The fraction of sp³-hybridized carbons (Fsp3) is 0.391. The van der Waals surface area contributed by atoms with E-state index in [4.69, 9.17) is 19.5 Å². The van der Waals surface area contributed by atoms with Crippen molar-refractivity contribution in [3.63, 3.8) is 0 Å². The SMILES string of the molecule is CCOC(=O)c1cnc2c(cnn2Cc2ccc(OC)cc2)c1N1CCO[C@@H](CC#N)C1. The summed E-state index contributed by atoms with van der Waals surface area (Å²) in [4.78, 5) is 19.3. The Morgan fingerprint density at radius 1 is 1.31 bits per heavy atom. The quantitative estimate of drug-likeness (QED) is 0.522. The van der Waals surface area contributed by atoms with Crippen LogP contribution in [0.1, 0.15) is 29.3 Å². The second kappa shape index (κ2) is 9.66. The van der Waals surface area contributed by atoms with Crippen LogP contribution in [0.5, 0.6) is 5.75 Å². The zero-order valence-corrected chi connectivity index (χ0v) is 18.2. The maximum atomic E-state index is 12.7. The fourth-order valence-corrected chi connectivity index (χ4v) is 3.88. The smallest absolute Gasteiger partial charge is 0.341 e. The first-order valence-electron chi connectivity index (χ1n) is 10.5. The summed E-state index contributed by atoms with van der Waals surface area (Å²) >= 11 is 0. The van der Waals surface area contributed by atoms with Crippen LogP contribution >= 0.6 is 0 Å². The van der Waals surface area contributed by atoms with Crippen LogP contribution in [0.25, 0.3) is 11.0 Å². The summed E-state index contributed by atoms with van der Waals surface area (Å²) < 4.78 is 18.0. The minimum atomic E-state index is -0.428. The third-order valence-corrected chi connectivity index (χ3v) is 5.40. The van der Waals surface area contributed by atoms with Crippen molar-refractivity contribution in [2.24, 2.45) is 0 Å². The predicted molar refractivity (Wildman–Crippen MR) is 118 cm³/mol. The van der Waals surface area contributed by atoms with E-state index in [1.54, 1.807) is 26.4 Å². The lowest BCUT2D eigenvalue weighted by molar-refractivity contribution is 0.0431. The number of pyridine rings is 1. The summed E-state index contributed by atoms with van der Waals surface area (Å²) in [7, 11) is 1.63. The Hall–Kier alpha value is -3.64. The molecule has 9 nitrogen and oxygen atoms in total. The Morgan fingerprint density at radius 2 is 2.12 bits per heavy atom. The number of nitriles is 1. The highest BCUT2D eigenvalue weighted by molar-refractivity contribution is 6.04. The number of carbonyl (C=O) groups excluding carboxylic acids is 1. The first kappa shape index (κ1) is 21.6. The van der Waals surface area contributed by atoms with Crippen LogP contribution in [0, 0.1) is 11.3 Å². The highest BCUT2D eigenvalue weighted by atomic mass is 16.5. The van der Waals surface area contributed by atoms with E-state index in [-0.39, 0.29) is 19.1 Å². The highest BCUT2D eigenvalue weighted by Crippen LogP contribution is 2.32. The molecule has 3 heterocycles. The molecule has 2 aromatic heterocycles. The molecule has 0 spiro atoms. The van der Waals surface area contributed by atoms with Crippen LogP contribution in [0.4, 0.5) is 5.69 Å². The average molecular weight is 435 g/mol. The summed E-state index contributed by atoms with van der Waals surface area (Å²) in [6, 6.07) is 9.93. The molecule has 1 atom stereocenters. The summed E-state index contributed by atoms with van der Waals surface area (Å²) in [6.07, 6.45) is 3.35. The lowest BCUT2D eigenvalue weighted by atomic mass is 10.1. The van der Waals surface area contributed by atoms with Crippen molar-refractivity contribution < 1.29 is 19.0 Å². The van der Waals surface area contributed by atoms with Gasteiger partial charge in [-0.2, -0.15) is 10.4 Å². The van der Waals surface area contributed by atoms with E-state index in [9.17, 15) is 4.79 Å².